The average molecular weight is 345 g/mol. The Bertz CT molecular complexity index is 673. The summed E-state index contributed by atoms with van der Waals surface area (Å²) in [5, 5.41) is 7.40. The summed E-state index contributed by atoms with van der Waals surface area (Å²) in [6.07, 6.45) is 4.01. The van der Waals surface area contributed by atoms with Crippen LogP contribution in [0.5, 0.6) is 0 Å². The van der Waals surface area contributed by atoms with E-state index in [4.69, 9.17) is 9.26 Å². The van der Waals surface area contributed by atoms with Gasteiger partial charge in [-0.05, 0) is 37.4 Å². The van der Waals surface area contributed by atoms with E-state index in [1.54, 1.807) is 13.3 Å². The first kappa shape index (κ1) is 17.8. The van der Waals surface area contributed by atoms with Crippen molar-refractivity contribution in [2.75, 3.05) is 38.7 Å². The molecule has 7 heteroatoms. The maximum atomic E-state index is 5.59. The molecule has 0 aromatic carbocycles. The first-order valence-electron chi connectivity index (χ1n) is 8.94. The second kappa shape index (κ2) is 8.40. The van der Waals surface area contributed by atoms with Crippen LogP contribution >= 0.6 is 0 Å². The number of hydrogen-bond donors (Lipinski definition) is 1. The number of likely N-dealkylation sites (tertiary alicyclic amines) is 1. The van der Waals surface area contributed by atoms with E-state index in [0.717, 1.165) is 36.8 Å². The van der Waals surface area contributed by atoms with Crippen LogP contribution in [0.15, 0.2) is 22.9 Å². The highest BCUT2D eigenvalue weighted by Crippen LogP contribution is 2.32. The third kappa shape index (κ3) is 4.55. The lowest BCUT2D eigenvalue weighted by Crippen LogP contribution is -2.27. The number of ether oxygens (including phenoxy) is 1. The standard InChI is InChI=1S/C18H27N5O2/c1-13(2)12-23-9-4-5-15(23)18-21-17(22-25-18)14-6-7-19-16(11-14)20-8-10-24-3/h6-7,11,13,15H,4-5,8-10,12H2,1-3H3,(H,19,20). The van der Waals surface area contributed by atoms with Crippen molar-refractivity contribution in [1.29, 1.82) is 0 Å². The van der Waals surface area contributed by atoms with Crippen LogP contribution in [0.4, 0.5) is 5.82 Å². The lowest BCUT2D eigenvalue weighted by atomic mass is 10.1. The smallest absolute Gasteiger partial charge is 0.244 e. The number of anilines is 1. The molecule has 1 aliphatic rings. The molecule has 3 heterocycles. The molecule has 1 saturated heterocycles. The molecule has 1 N–H and O–H groups in total. The molecule has 0 saturated carbocycles. The van der Waals surface area contributed by atoms with Crippen LogP contribution in [0.2, 0.25) is 0 Å². The Labute approximate surface area is 148 Å². The minimum atomic E-state index is 0.241. The maximum absolute atomic E-state index is 5.59. The Morgan fingerprint density at radius 3 is 3.12 bits per heavy atom. The molecule has 2 aromatic rings. The number of rotatable bonds is 8. The monoisotopic (exact) mass is 345 g/mol. The van der Waals surface area contributed by atoms with E-state index in [-0.39, 0.29) is 6.04 Å². The highest BCUT2D eigenvalue weighted by molar-refractivity contribution is 5.58. The van der Waals surface area contributed by atoms with Gasteiger partial charge in [0.25, 0.3) is 0 Å². The number of aromatic nitrogens is 3. The number of nitrogens with zero attached hydrogens (tertiary/aromatic N) is 4. The van der Waals surface area contributed by atoms with Gasteiger partial charge in [0.1, 0.15) is 5.82 Å². The van der Waals surface area contributed by atoms with Crippen LogP contribution in [-0.4, -0.2) is 53.4 Å². The average Bonchev–Trinajstić information content (AvgIpc) is 3.24. The molecule has 1 unspecified atom stereocenters. The summed E-state index contributed by atoms with van der Waals surface area (Å²) in [5.41, 5.74) is 0.901. The van der Waals surface area contributed by atoms with Gasteiger partial charge < -0.3 is 14.6 Å². The highest BCUT2D eigenvalue weighted by Gasteiger charge is 2.31. The fourth-order valence-corrected chi connectivity index (χ4v) is 3.23. The van der Waals surface area contributed by atoms with Crippen LogP contribution < -0.4 is 5.32 Å². The SMILES string of the molecule is COCCNc1cc(-c2noc(C3CCCN3CC(C)C)n2)ccn1. The maximum Gasteiger partial charge on any atom is 0.244 e. The fraction of sp³-hybridized carbons (Fsp3) is 0.611. The molecule has 3 rings (SSSR count). The Kier molecular flexibility index (Phi) is 5.99. The first-order chi connectivity index (χ1) is 12.2. The van der Waals surface area contributed by atoms with Gasteiger partial charge in [-0.2, -0.15) is 4.98 Å². The van der Waals surface area contributed by atoms with Gasteiger partial charge in [0.05, 0.1) is 12.6 Å². The van der Waals surface area contributed by atoms with Crippen molar-refractivity contribution in [2.24, 2.45) is 5.92 Å². The van der Waals surface area contributed by atoms with Crippen LogP contribution in [0.25, 0.3) is 11.4 Å². The van der Waals surface area contributed by atoms with Crippen molar-refractivity contribution >= 4 is 5.82 Å². The Morgan fingerprint density at radius 1 is 1.44 bits per heavy atom. The molecular formula is C18H27N5O2. The molecule has 2 aromatic heterocycles. The summed E-state index contributed by atoms with van der Waals surface area (Å²) >= 11 is 0. The first-order valence-corrected chi connectivity index (χ1v) is 8.94. The molecule has 1 atom stereocenters. The van der Waals surface area contributed by atoms with E-state index < -0.39 is 0 Å². The van der Waals surface area contributed by atoms with E-state index in [1.165, 1.54) is 6.42 Å². The van der Waals surface area contributed by atoms with E-state index in [1.807, 2.05) is 12.1 Å². The zero-order valence-corrected chi connectivity index (χ0v) is 15.2. The molecule has 0 radical (unpaired) electrons. The molecule has 1 fully saturated rings. The molecular weight excluding hydrogens is 318 g/mol. The summed E-state index contributed by atoms with van der Waals surface area (Å²) in [7, 11) is 1.68. The van der Waals surface area contributed by atoms with Gasteiger partial charge in [-0.25, -0.2) is 4.98 Å². The second-order valence-electron chi connectivity index (χ2n) is 6.85. The number of methoxy groups -OCH3 is 1. The van der Waals surface area contributed by atoms with Crippen molar-refractivity contribution in [3.8, 4) is 11.4 Å². The van der Waals surface area contributed by atoms with Crippen LogP contribution in [0, 0.1) is 5.92 Å². The van der Waals surface area contributed by atoms with Crippen molar-refractivity contribution in [3.63, 3.8) is 0 Å². The van der Waals surface area contributed by atoms with Gasteiger partial charge in [-0.3, -0.25) is 4.90 Å². The minimum Gasteiger partial charge on any atom is -0.383 e. The molecule has 0 aliphatic carbocycles. The van der Waals surface area contributed by atoms with E-state index >= 15 is 0 Å². The molecule has 25 heavy (non-hydrogen) atoms. The Balaban J connectivity index is 1.72. The topological polar surface area (TPSA) is 76.3 Å². The van der Waals surface area contributed by atoms with Gasteiger partial charge in [0, 0.05) is 32.0 Å². The predicted octanol–water partition coefficient (Wildman–Crippen LogP) is 2.98. The summed E-state index contributed by atoms with van der Waals surface area (Å²) < 4.78 is 10.6. The Hall–Kier alpha value is -1.99. The van der Waals surface area contributed by atoms with Gasteiger partial charge >= 0.3 is 0 Å². The quantitative estimate of drug-likeness (QED) is 0.737. The third-order valence-corrected chi connectivity index (χ3v) is 4.32. The zero-order chi connectivity index (χ0) is 17.6. The fourth-order valence-electron chi connectivity index (χ4n) is 3.23. The van der Waals surface area contributed by atoms with Gasteiger partial charge in [-0.15, -0.1) is 0 Å². The molecule has 1 aliphatic heterocycles. The Morgan fingerprint density at radius 2 is 2.32 bits per heavy atom. The summed E-state index contributed by atoms with van der Waals surface area (Å²) in [5.74, 6) is 2.74. The second-order valence-corrected chi connectivity index (χ2v) is 6.85. The summed E-state index contributed by atoms with van der Waals surface area (Å²) in [6.45, 7) is 7.98. The number of hydrogen-bond acceptors (Lipinski definition) is 7. The number of pyridine rings is 1. The van der Waals surface area contributed by atoms with E-state index in [9.17, 15) is 0 Å². The normalized spacial score (nSPS) is 18.2. The van der Waals surface area contributed by atoms with E-state index in [0.29, 0.717) is 24.9 Å². The lowest BCUT2D eigenvalue weighted by molar-refractivity contribution is 0.189. The van der Waals surface area contributed by atoms with Crippen molar-refractivity contribution in [1.82, 2.24) is 20.0 Å². The molecule has 0 bridgehead atoms. The molecule has 136 valence electrons. The molecule has 0 amide bonds. The van der Waals surface area contributed by atoms with Gasteiger partial charge in [0.2, 0.25) is 11.7 Å². The van der Waals surface area contributed by atoms with Crippen molar-refractivity contribution < 1.29 is 9.26 Å². The summed E-state index contributed by atoms with van der Waals surface area (Å²) in [6, 6.07) is 4.08. The van der Waals surface area contributed by atoms with Gasteiger partial charge in [-0.1, -0.05) is 19.0 Å². The number of nitrogens with one attached hydrogen (secondary N) is 1. The van der Waals surface area contributed by atoms with Gasteiger partial charge in [0.15, 0.2) is 0 Å². The van der Waals surface area contributed by atoms with Crippen molar-refractivity contribution in [3.05, 3.63) is 24.2 Å². The van der Waals surface area contributed by atoms with E-state index in [2.05, 4.69) is 39.2 Å². The lowest BCUT2D eigenvalue weighted by Gasteiger charge is -2.23. The zero-order valence-electron chi connectivity index (χ0n) is 15.2. The largest absolute Gasteiger partial charge is 0.383 e. The van der Waals surface area contributed by atoms with Crippen LogP contribution in [0.3, 0.4) is 0 Å². The van der Waals surface area contributed by atoms with Crippen LogP contribution in [0.1, 0.15) is 38.6 Å². The predicted molar refractivity (Wildman–Crippen MR) is 96.3 cm³/mol. The summed E-state index contributed by atoms with van der Waals surface area (Å²) in [4.78, 5) is 11.4. The highest BCUT2D eigenvalue weighted by atomic mass is 16.5. The molecule has 7 nitrogen and oxygen atoms in total. The minimum absolute atomic E-state index is 0.241. The van der Waals surface area contributed by atoms with Crippen molar-refractivity contribution in [2.45, 2.75) is 32.7 Å². The third-order valence-electron chi connectivity index (χ3n) is 4.32. The van der Waals surface area contributed by atoms with Crippen LogP contribution in [-0.2, 0) is 4.74 Å². The molecule has 0 spiro atoms.